The van der Waals surface area contributed by atoms with Crippen LogP contribution in [0, 0.1) is 35.8 Å². The van der Waals surface area contributed by atoms with Crippen molar-refractivity contribution in [3.8, 4) is 12.1 Å². The molecule has 0 bridgehead atoms. The number of benzene rings is 1. The molecule has 116 valence electrons. The Morgan fingerprint density at radius 2 is 1.25 bits per heavy atom. The third-order valence-electron chi connectivity index (χ3n) is 2.96. The minimum Gasteiger partial charge on any atom is -0.287 e. The Balaban J connectivity index is 4.12. The van der Waals surface area contributed by atoms with Crippen LogP contribution in [-0.4, -0.2) is 10.2 Å². The molecule has 0 heterocycles. The Bertz CT molecular complexity index is 899. The van der Waals surface area contributed by atoms with E-state index in [4.69, 9.17) is 23.7 Å². The highest BCUT2D eigenvalue weighted by Crippen LogP contribution is 2.06. The molecule has 1 aromatic rings. The molecule has 0 spiro atoms. The first-order valence-electron chi connectivity index (χ1n) is 6.27. The van der Waals surface area contributed by atoms with E-state index >= 15 is 0 Å². The van der Waals surface area contributed by atoms with Gasteiger partial charge in [-0.3, -0.25) is 9.59 Å². The number of nitriles is 2. The maximum Gasteiger partial charge on any atom is 0.269 e. The summed E-state index contributed by atoms with van der Waals surface area (Å²) in [6.45, 7) is 14.1. The Kier molecular flexibility index (Phi) is 6.78. The number of hydrogen-bond acceptors (Lipinski definition) is 4. The summed E-state index contributed by atoms with van der Waals surface area (Å²) in [5, 5.41) is 17.5. The predicted molar refractivity (Wildman–Crippen MR) is 92.3 cm³/mol. The van der Waals surface area contributed by atoms with Gasteiger partial charge in [-0.2, -0.15) is 0 Å². The SMILES string of the molecule is [C-]#[N+]/C(C#N)=c1/cc(CC(=O)S)/c(=C(\C#N)[N+]#[C-])cc1CC(=O)S. The normalized spacial score (nSPS) is 11.9. The van der Waals surface area contributed by atoms with Crippen LogP contribution in [0.2, 0.25) is 0 Å². The fourth-order valence-electron chi connectivity index (χ4n) is 2.04. The quantitative estimate of drug-likeness (QED) is 0.619. The van der Waals surface area contributed by atoms with Crippen molar-refractivity contribution >= 4 is 46.9 Å². The topological polar surface area (TPSA) is 90.4 Å². The van der Waals surface area contributed by atoms with Crippen LogP contribution in [0.15, 0.2) is 12.1 Å². The van der Waals surface area contributed by atoms with Gasteiger partial charge < -0.3 is 0 Å². The van der Waals surface area contributed by atoms with Crippen molar-refractivity contribution in [2.75, 3.05) is 0 Å². The van der Waals surface area contributed by atoms with E-state index in [9.17, 15) is 9.59 Å². The van der Waals surface area contributed by atoms with Gasteiger partial charge in [-0.05, 0) is 21.6 Å². The van der Waals surface area contributed by atoms with E-state index in [-0.39, 0.29) is 45.8 Å². The van der Waals surface area contributed by atoms with Crippen molar-refractivity contribution in [3.63, 3.8) is 0 Å². The lowest BCUT2D eigenvalue weighted by Gasteiger charge is -2.07. The van der Waals surface area contributed by atoms with Crippen molar-refractivity contribution in [3.05, 3.63) is 56.5 Å². The van der Waals surface area contributed by atoms with Crippen LogP contribution < -0.4 is 10.4 Å². The summed E-state index contributed by atoms with van der Waals surface area (Å²) in [6, 6.07) is 6.20. The number of carbonyl (C=O) groups is 2. The van der Waals surface area contributed by atoms with Crippen LogP contribution in [0.1, 0.15) is 11.1 Å². The lowest BCUT2D eigenvalue weighted by molar-refractivity contribution is -0.111. The average Bonchev–Trinajstić information content (AvgIpc) is 2.51. The van der Waals surface area contributed by atoms with Gasteiger partial charge in [-0.25, -0.2) is 20.2 Å². The fraction of sp³-hybridized carbons (Fsp3) is 0.125. The smallest absolute Gasteiger partial charge is 0.269 e. The summed E-state index contributed by atoms with van der Waals surface area (Å²) in [6.07, 6.45) is -0.393. The highest BCUT2D eigenvalue weighted by atomic mass is 32.1. The second-order valence-electron chi connectivity index (χ2n) is 4.45. The molecular weight excluding hydrogens is 344 g/mol. The monoisotopic (exact) mass is 352 g/mol. The third kappa shape index (κ3) is 4.48. The van der Waals surface area contributed by atoms with E-state index in [2.05, 4.69) is 34.9 Å². The molecule has 0 aromatic heterocycles. The first-order valence-corrected chi connectivity index (χ1v) is 7.16. The van der Waals surface area contributed by atoms with Crippen molar-refractivity contribution in [2.24, 2.45) is 0 Å². The molecular formula is C16H8N4O2S2. The predicted octanol–water partition coefficient (Wildman–Crippen LogP) is 0.787. The van der Waals surface area contributed by atoms with Crippen molar-refractivity contribution in [2.45, 2.75) is 12.8 Å². The van der Waals surface area contributed by atoms with Gasteiger partial charge in [-0.15, -0.1) is 25.3 Å². The fourth-order valence-corrected chi connectivity index (χ4v) is 2.38. The average molecular weight is 352 g/mol. The number of nitrogens with zero attached hydrogens (tertiary/aromatic N) is 4. The lowest BCUT2D eigenvalue weighted by Crippen LogP contribution is -2.24. The molecule has 0 aliphatic carbocycles. The highest BCUT2D eigenvalue weighted by Gasteiger charge is 2.12. The number of thiol groups is 2. The van der Waals surface area contributed by atoms with E-state index in [0.29, 0.717) is 0 Å². The molecule has 0 unspecified atom stereocenters. The molecule has 1 rings (SSSR count). The van der Waals surface area contributed by atoms with Crippen LogP contribution in [-0.2, 0) is 22.4 Å². The largest absolute Gasteiger partial charge is 0.287 e. The van der Waals surface area contributed by atoms with Gasteiger partial charge in [0, 0.05) is 12.8 Å². The lowest BCUT2D eigenvalue weighted by atomic mass is 9.99. The second-order valence-corrected chi connectivity index (χ2v) is 5.45. The molecule has 0 radical (unpaired) electrons. The van der Waals surface area contributed by atoms with Crippen molar-refractivity contribution in [1.29, 1.82) is 10.5 Å². The third-order valence-corrected chi connectivity index (χ3v) is 3.27. The van der Waals surface area contributed by atoms with E-state index in [1.807, 2.05) is 0 Å². The van der Waals surface area contributed by atoms with E-state index in [0.717, 1.165) is 0 Å². The molecule has 0 aliphatic rings. The van der Waals surface area contributed by atoms with Crippen LogP contribution >= 0.6 is 25.3 Å². The molecule has 8 heteroatoms. The molecule has 0 amide bonds. The first-order chi connectivity index (χ1) is 11.4. The van der Waals surface area contributed by atoms with Crippen LogP contribution in [0.3, 0.4) is 0 Å². The summed E-state index contributed by atoms with van der Waals surface area (Å²) in [4.78, 5) is 28.9. The Morgan fingerprint density at radius 1 is 0.917 bits per heavy atom. The minimum atomic E-state index is -0.510. The van der Waals surface area contributed by atoms with Crippen LogP contribution in [0.25, 0.3) is 21.1 Å². The zero-order valence-corrected chi connectivity index (χ0v) is 13.9. The van der Waals surface area contributed by atoms with E-state index < -0.39 is 10.2 Å². The molecule has 1 aromatic carbocycles. The minimum absolute atomic E-state index is 0.172. The first kappa shape index (κ1) is 19.0. The van der Waals surface area contributed by atoms with Gasteiger partial charge in [0.2, 0.25) is 0 Å². The summed E-state index contributed by atoms with van der Waals surface area (Å²) < 4.78 is 0. The number of rotatable bonds is 4. The summed E-state index contributed by atoms with van der Waals surface area (Å²) in [5.41, 5.74) is 0.0364. The molecule has 0 atom stereocenters. The zero-order chi connectivity index (χ0) is 18.3. The number of hydrogen-bond donors (Lipinski definition) is 2. The number of carbonyl (C=O) groups excluding carboxylic acids is 2. The Hall–Kier alpha value is -3.04. The van der Waals surface area contributed by atoms with Gasteiger partial charge in [0.05, 0.1) is 25.3 Å². The standard InChI is InChI=1S/C16H8N4O2S2/c1-19-13(7-17)11-3-10(6-16(22)24)12(14(8-18)20-2)4-9(11)5-15(21)23/h3-4H,5-6H2,(H,21,23)(H,22,24)/b13-11-,14-12+. The second kappa shape index (κ2) is 8.56. The maximum atomic E-state index is 11.3. The molecule has 0 fully saturated rings. The van der Waals surface area contributed by atoms with Gasteiger partial charge in [0.25, 0.3) is 11.4 Å². The molecule has 0 aliphatic heterocycles. The highest BCUT2D eigenvalue weighted by molar-refractivity contribution is 7.96. The van der Waals surface area contributed by atoms with Crippen LogP contribution in [0.5, 0.6) is 0 Å². The maximum absolute atomic E-state index is 11.3. The molecule has 0 N–H and O–H groups in total. The molecule has 24 heavy (non-hydrogen) atoms. The van der Waals surface area contributed by atoms with Gasteiger partial charge in [0.15, 0.2) is 10.2 Å². The molecule has 0 saturated heterocycles. The van der Waals surface area contributed by atoms with E-state index in [1.54, 1.807) is 12.1 Å². The Labute approximate surface area is 148 Å². The van der Waals surface area contributed by atoms with Gasteiger partial charge >= 0.3 is 0 Å². The van der Waals surface area contributed by atoms with Crippen LogP contribution in [0.4, 0.5) is 0 Å². The summed E-state index contributed by atoms with van der Waals surface area (Å²) in [5.74, 6) is 0. The van der Waals surface area contributed by atoms with Gasteiger partial charge in [-0.1, -0.05) is 12.1 Å². The zero-order valence-electron chi connectivity index (χ0n) is 12.1. The van der Waals surface area contributed by atoms with Crippen molar-refractivity contribution < 1.29 is 9.59 Å². The molecule has 6 nitrogen and oxygen atoms in total. The van der Waals surface area contributed by atoms with Gasteiger partial charge in [0.1, 0.15) is 0 Å². The molecule has 0 saturated carbocycles. The summed E-state index contributed by atoms with van der Waals surface area (Å²) >= 11 is 7.38. The van der Waals surface area contributed by atoms with Crippen molar-refractivity contribution in [1.82, 2.24) is 0 Å². The van der Waals surface area contributed by atoms with E-state index in [1.165, 1.54) is 12.1 Å². The summed E-state index contributed by atoms with van der Waals surface area (Å²) in [7, 11) is 0. The Morgan fingerprint density at radius 3 is 1.46 bits per heavy atom.